The van der Waals surface area contributed by atoms with Crippen LogP contribution in [-0.2, 0) is 14.3 Å². The molecule has 0 saturated heterocycles. The van der Waals surface area contributed by atoms with Gasteiger partial charge in [-0.25, -0.2) is 4.79 Å². The number of allylic oxidation sites excluding steroid dienone is 1. The van der Waals surface area contributed by atoms with Crippen molar-refractivity contribution in [2.75, 3.05) is 33.0 Å². The normalized spacial score (nSPS) is 22.2. The maximum absolute atomic E-state index is 14.7. The zero-order valence-electron chi connectivity index (χ0n) is 42.7. The first kappa shape index (κ1) is 53.7. The third kappa shape index (κ3) is 14.5. The van der Waals surface area contributed by atoms with Gasteiger partial charge in [0, 0.05) is 37.7 Å². The minimum absolute atomic E-state index is 0.0882. The van der Waals surface area contributed by atoms with E-state index in [2.05, 4.69) is 56.8 Å². The van der Waals surface area contributed by atoms with E-state index in [1.807, 2.05) is 68.1 Å². The van der Waals surface area contributed by atoms with Gasteiger partial charge in [-0.05, 0) is 118 Å². The molecule has 2 aliphatic carbocycles. The molecular weight excluding hydrogens is 865 g/mol. The summed E-state index contributed by atoms with van der Waals surface area (Å²) in [6, 6.07) is 23.9. The van der Waals surface area contributed by atoms with E-state index in [0.29, 0.717) is 50.3 Å². The molecule has 3 aromatic carbocycles. The van der Waals surface area contributed by atoms with Crippen LogP contribution in [0.25, 0.3) is 11.1 Å². The molecule has 1 amide bonds. The Balaban J connectivity index is 1.41. The van der Waals surface area contributed by atoms with Crippen LogP contribution in [0.5, 0.6) is 17.2 Å². The highest BCUT2D eigenvalue weighted by molar-refractivity contribution is 6.03. The quantitative estimate of drug-likeness (QED) is 0.0401. The van der Waals surface area contributed by atoms with Gasteiger partial charge in [0.15, 0.2) is 0 Å². The van der Waals surface area contributed by atoms with Crippen LogP contribution in [0.2, 0.25) is 0 Å². The van der Waals surface area contributed by atoms with Crippen LogP contribution < -0.4 is 9.47 Å². The standard InChI is InChI=1S/C59H84N2O8/c1-7-10-11-12-13-14-15-16-17-25-40-65-57(64)61(36-8-2)54-43-52(60-69-58(4,5)6)50-41-46(28-21-23-37-62)49(29-22-24-38-63)55-51-42-48(34-35-53(51)68-59(54,56(50)55)66-39-9-3)67-47-32-30-45(31-33-47)44-26-19-18-20-27-44/h9,18-20,26-27,30-35,41-42,46,49,54-56,62-63H,3,7-8,10-17,21-25,28-29,36-40,43H2,1-2,4-6H3/t46-,49+,54-,55+,56+,59+/m0/s1. The second kappa shape index (κ2) is 27.1. The average molecular weight is 949 g/mol. The molecule has 1 fully saturated rings. The van der Waals surface area contributed by atoms with Gasteiger partial charge in [0.05, 0.1) is 24.8 Å². The van der Waals surface area contributed by atoms with Crippen molar-refractivity contribution in [1.82, 2.24) is 4.90 Å². The Labute approximate surface area is 414 Å². The molecule has 2 N–H and O–H groups in total. The van der Waals surface area contributed by atoms with E-state index in [0.717, 1.165) is 78.7 Å². The number of ether oxygens (including phenoxy) is 4. The number of hydrogen-bond acceptors (Lipinski definition) is 9. The maximum Gasteiger partial charge on any atom is 0.410 e. The molecule has 0 bridgehead atoms. The van der Waals surface area contributed by atoms with E-state index in [-0.39, 0.29) is 43.7 Å². The third-order valence-electron chi connectivity index (χ3n) is 14.1. The minimum Gasteiger partial charge on any atom is -0.459 e. The van der Waals surface area contributed by atoms with Gasteiger partial charge in [-0.15, -0.1) is 6.58 Å². The number of amides is 1. The summed E-state index contributed by atoms with van der Waals surface area (Å²) in [5.74, 6) is 0.337. The van der Waals surface area contributed by atoms with E-state index >= 15 is 0 Å². The smallest absolute Gasteiger partial charge is 0.410 e. The number of carbonyl (C=O) groups is 1. The molecule has 1 heterocycles. The number of hydrogen-bond donors (Lipinski definition) is 2. The SMILES string of the molecule is C=CCO[C@@]12Oc3ccc(Oc4ccc(-c5ccccc5)cc4)cc3[C@H]3[C@H](CCCCO)[C@@H](CCCCO)C=C(C(=NOC(C)(C)C)C[C@@H]1N(CCC)C(=O)OCCCCCCCCCCCC)[C@H]32. The molecule has 0 radical (unpaired) electrons. The second-order valence-electron chi connectivity index (χ2n) is 20.5. The highest BCUT2D eigenvalue weighted by atomic mass is 16.7. The molecule has 69 heavy (non-hydrogen) atoms. The summed E-state index contributed by atoms with van der Waals surface area (Å²) in [5.41, 5.74) is 4.45. The van der Waals surface area contributed by atoms with Crippen LogP contribution in [0.4, 0.5) is 4.79 Å². The number of carbonyl (C=O) groups excluding carboxylic acids is 1. The van der Waals surface area contributed by atoms with Crippen LogP contribution in [0, 0.1) is 17.8 Å². The monoisotopic (exact) mass is 949 g/mol. The third-order valence-corrected chi connectivity index (χ3v) is 14.1. The van der Waals surface area contributed by atoms with Crippen LogP contribution in [0.15, 0.2) is 102 Å². The molecule has 378 valence electrons. The summed E-state index contributed by atoms with van der Waals surface area (Å²) >= 11 is 0. The minimum atomic E-state index is -1.36. The summed E-state index contributed by atoms with van der Waals surface area (Å²) in [4.78, 5) is 22.8. The van der Waals surface area contributed by atoms with E-state index in [4.69, 9.17) is 28.9 Å². The number of aliphatic hydroxyl groups excluding tert-OH is 2. The van der Waals surface area contributed by atoms with Crippen molar-refractivity contribution in [1.29, 1.82) is 0 Å². The van der Waals surface area contributed by atoms with Gasteiger partial charge in [-0.3, -0.25) is 4.90 Å². The number of rotatable bonds is 29. The molecule has 0 spiro atoms. The first-order chi connectivity index (χ1) is 33.6. The fourth-order valence-corrected chi connectivity index (χ4v) is 10.8. The van der Waals surface area contributed by atoms with Crippen LogP contribution >= 0.6 is 0 Å². The number of unbranched alkanes of at least 4 members (excludes halogenated alkanes) is 11. The van der Waals surface area contributed by atoms with Crippen molar-refractivity contribution in [3.8, 4) is 28.4 Å². The van der Waals surface area contributed by atoms with E-state index < -0.39 is 23.3 Å². The topological polar surface area (TPSA) is 119 Å². The van der Waals surface area contributed by atoms with Gasteiger partial charge in [0.1, 0.15) is 28.9 Å². The number of aliphatic hydroxyl groups is 2. The average Bonchev–Trinajstić information content (AvgIpc) is 3.35. The molecule has 1 aliphatic heterocycles. The Hall–Kier alpha value is -4.64. The predicted octanol–water partition coefficient (Wildman–Crippen LogP) is 14.3. The lowest BCUT2D eigenvalue weighted by molar-refractivity contribution is -0.255. The van der Waals surface area contributed by atoms with Gasteiger partial charge in [-0.1, -0.05) is 144 Å². The largest absolute Gasteiger partial charge is 0.459 e. The van der Waals surface area contributed by atoms with Crippen molar-refractivity contribution in [3.05, 3.63) is 103 Å². The molecule has 6 atom stereocenters. The predicted molar refractivity (Wildman–Crippen MR) is 278 cm³/mol. The molecule has 1 saturated carbocycles. The van der Waals surface area contributed by atoms with Gasteiger partial charge < -0.3 is 34.0 Å². The van der Waals surface area contributed by atoms with Crippen molar-refractivity contribution in [2.45, 2.75) is 174 Å². The van der Waals surface area contributed by atoms with Crippen LogP contribution in [0.3, 0.4) is 0 Å². The lowest BCUT2D eigenvalue weighted by Crippen LogP contribution is -2.70. The molecule has 10 nitrogen and oxygen atoms in total. The molecular formula is C59H84N2O8. The maximum atomic E-state index is 14.7. The van der Waals surface area contributed by atoms with Crippen molar-refractivity contribution < 1.29 is 38.8 Å². The number of fused-ring (bicyclic) bond motifs is 2. The number of nitrogens with zero attached hydrogens (tertiary/aromatic N) is 2. The zero-order chi connectivity index (χ0) is 49.1. The summed E-state index contributed by atoms with van der Waals surface area (Å²) in [5, 5.41) is 25.0. The Morgan fingerprint density at radius 2 is 1.46 bits per heavy atom. The van der Waals surface area contributed by atoms with Gasteiger partial charge in [-0.2, -0.15) is 0 Å². The molecule has 3 aliphatic rings. The van der Waals surface area contributed by atoms with Crippen LogP contribution in [0.1, 0.15) is 162 Å². The summed E-state index contributed by atoms with van der Waals surface area (Å²) in [7, 11) is 0. The highest BCUT2D eigenvalue weighted by Gasteiger charge is 2.65. The Bertz CT molecular complexity index is 2080. The fraction of sp³-hybridized carbons (Fsp3) is 0.593. The molecule has 6 rings (SSSR count). The summed E-state index contributed by atoms with van der Waals surface area (Å²) in [6.45, 7) is 15.6. The van der Waals surface area contributed by atoms with E-state index in [9.17, 15) is 15.0 Å². The van der Waals surface area contributed by atoms with E-state index in [1.54, 1.807) is 6.08 Å². The number of benzene rings is 3. The van der Waals surface area contributed by atoms with E-state index in [1.165, 1.54) is 44.9 Å². The molecule has 0 aromatic heterocycles. The summed E-state index contributed by atoms with van der Waals surface area (Å²) < 4.78 is 27.5. The Morgan fingerprint density at radius 1 is 0.812 bits per heavy atom. The lowest BCUT2D eigenvalue weighted by atomic mass is 9.55. The van der Waals surface area contributed by atoms with Gasteiger partial charge in [0.2, 0.25) is 5.79 Å². The van der Waals surface area contributed by atoms with Crippen molar-refractivity contribution in [3.63, 3.8) is 0 Å². The first-order valence-corrected chi connectivity index (χ1v) is 26.6. The molecule has 10 heteroatoms. The Kier molecular flexibility index (Phi) is 21.1. The lowest BCUT2D eigenvalue weighted by Gasteiger charge is -2.60. The number of oxime groups is 1. The van der Waals surface area contributed by atoms with Crippen molar-refractivity contribution >= 4 is 11.8 Å². The van der Waals surface area contributed by atoms with Crippen molar-refractivity contribution in [2.24, 2.45) is 22.9 Å². The first-order valence-electron chi connectivity index (χ1n) is 26.6. The second-order valence-corrected chi connectivity index (χ2v) is 20.5. The fourth-order valence-electron chi connectivity index (χ4n) is 10.8. The van der Waals surface area contributed by atoms with Gasteiger partial charge >= 0.3 is 6.09 Å². The molecule has 0 unspecified atom stereocenters. The highest BCUT2D eigenvalue weighted by Crippen LogP contribution is 2.62. The van der Waals surface area contributed by atoms with Crippen LogP contribution in [-0.4, -0.2) is 77.3 Å². The summed E-state index contributed by atoms with van der Waals surface area (Å²) in [6.07, 6.45) is 21.5. The Morgan fingerprint density at radius 3 is 2.12 bits per heavy atom. The molecule has 3 aromatic rings. The van der Waals surface area contributed by atoms with Gasteiger partial charge in [0.25, 0.3) is 0 Å². The zero-order valence-corrected chi connectivity index (χ0v) is 42.7.